The van der Waals surface area contributed by atoms with Crippen LogP contribution in [0.3, 0.4) is 0 Å². The highest BCUT2D eigenvalue weighted by Crippen LogP contribution is 2.33. The maximum atomic E-state index is 13.4. The fraction of sp³-hybridized carbons (Fsp3) is 0.710. The van der Waals surface area contributed by atoms with Crippen LogP contribution in [0.2, 0.25) is 0 Å². The van der Waals surface area contributed by atoms with E-state index in [4.69, 9.17) is 23.7 Å². The second-order valence-electron chi connectivity index (χ2n) is 14.0. The van der Waals surface area contributed by atoms with Crippen LogP contribution in [-0.4, -0.2) is 64.8 Å². The lowest BCUT2D eigenvalue weighted by molar-refractivity contribution is -0.162. The third-order valence-corrected chi connectivity index (χ3v) is 4.90. The van der Waals surface area contributed by atoms with Crippen molar-refractivity contribution in [3.05, 3.63) is 23.8 Å². The van der Waals surface area contributed by atoms with Crippen molar-refractivity contribution in [3.8, 4) is 11.5 Å². The first kappa shape index (κ1) is 36.0. The SMILES string of the molecule is CC(C)(C)OC(=O)N[C@@H](C[C@H](Cc1ccc(OCCO)c(OC(C)(C)C)c1)C(=O)OC(C)(C)C)C(=O)OC(C)(C)C. The average molecular weight is 582 g/mol. The summed E-state index contributed by atoms with van der Waals surface area (Å²) >= 11 is 0. The van der Waals surface area contributed by atoms with Crippen molar-refractivity contribution in [2.24, 2.45) is 5.92 Å². The van der Waals surface area contributed by atoms with Gasteiger partial charge >= 0.3 is 18.0 Å². The number of rotatable bonds is 11. The summed E-state index contributed by atoms with van der Waals surface area (Å²) in [5.74, 6) is -1.17. The van der Waals surface area contributed by atoms with Crippen LogP contribution in [-0.2, 0) is 30.2 Å². The van der Waals surface area contributed by atoms with Crippen LogP contribution in [0.1, 0.15) is 95.1 Å². The summed E-state index contributed by atoms with van der Waals surface area (Å²) in [4.78, 5) is 39.3. The number of hydrogen-bond acceptors (Lipinski definition) is 9. The van der Waals surface area contributed by atoms with E-state index in [0.29, 0.717) is 11.5 Å². The lowest BCUT2D eigenvalue weighted by atomic mass is 9.92. The minimum atomic E-state index is -1.18. The number of nitrogens with one attached hydrogen (secondary N) is 1. The maximum Gasteiger partial charge on any atom is 0.408 e. The smallest absolute Gasteiger partial charge is 0.408 e. The van der Waals surface area contributed by atoms with Crippen LogP contribution < -0.4 is 14.8 Å². The Morgan fingerprint density at radius 3 is 1.78 bits per heavy atom. The number of carbonyl (C=O) groups excluding carboxylic acids is 3. The largest absolute Gasteiger partial charge is 0.487 e. The Morgan fingerprint density at radius 1 is 0.756 bits per heavy atom. The molecule has 10 heteroatoms. The molecule has 0 aliphatic rings. The molecule has 0 bridgehead atoms. The highest BCUT2D eigenvalue weighted by molar-refractivity contribution is 5.83. The molecule has 234 valence electrons. The summed E-state index contributed by atoms with van der Waals surface area (Å²) < 4.78 is 28.4. The Morgan fingerprint density at radius 2 is 1.29 bits per heavy atom. The molecule has 0 aliphatic carbocycles. The number of amides is 1. The molecule has 0 saturated carbocycles. The van der Waals surface area contributed by atoms with Gasteiger partial charge in [0.15, 0.2) is 11.5 Å². The van der Waals surface area contributed by atoms with Crippen molar-refractivity contribution in [2.45, 2.75) is 124 Å². The summed E-state index contributed by atoms with van der Waals surface area (Å²) in [5, 5.41) is 11.8. The Labute approximate surface area is 245 Å². The van der Waals surface area contributed by atoms with Gasteiger partial charge in [0.25, 0.3) is 0 Å². The maximum absolute atomic E-state index is 13.4. The Balaban J connectivity index is 3.46. The molecule has 0 radical (unpaired) electrons. The Hall–Kier alpha value is -3.01. The van der Waals surface area contributed by atoms with E-state index >= 15 is 0 Å². The molecule has 0 fully saturated rings. The fourth-order valence-electron chi connectivity index (χ4n) is 3.62. The van der Waals surface area contributed by atoms with Crippen LogP contribution in [0.4, 0.5) is 4.79 Å². The van der Waals surface area contributed by atoms with E-state index in [9.17, 15) is 19.5 Å². The van der Waals surface area contributed by atoms with Gasteiger partial charge in [-0.05, 0) is 114 Å². The molecule has 0 spiro atoms. The molecule has 0 saturated heterocycles. The zero-order valence-corrected chi connectivity index (χ0v) is 26.9. The van der Waals surface area contributed by atoms with E-state index in [-0.39, 0.29) is 26.1 Å². The predicted molar refractivity (Wildman–Crippen MR) is 156 cm³/mol. The van der Waals surface area contributed by atoms with E-state index in [2.05, 4.69) is 5.32 Å². The molecule has 0 aliphatic heterocycles. The van der Waals surface area contributed by atoms with Crippen LogP contribution in [0.25, 0.3) is 0 Å². The highest BCUT2D eigenvalue weighted by Gasteiger charge is 2.35. The summed E-state index contributed by atoms with van der Waals surface area (Å²) in [6.07, 6.45) is -0.728. The van der Waals surface area contributed by atoms with E-state index < -0.39 is 52.4 Å². The quantitative estimate of drug-likeness (QED) is 0.262. The second-order valence-corrected chi connectivity index (χ2v) is 14.0. The van der Waals surface area contributed by atoms with Crippen LogP contribution in [0.5, 0.6) is 11.5 Å². The van der Waals surface area contributed by atoms with Crippen LogP contribution in [0.15, 0.2) is 18.2 Å². The van der Waals surface area contributed by atoms with Crippen molar-refractivity contribution in [1.29, 1.82) is 0 Å². The Kier molecular flexibility index (Phi) is 12.5. The van der Waals surface area contributed by atoms with Crippen LogP contribution >= 0.6 is 0 Å². The van der Waals surface area contributed by atoms with Crippen LogP contribution in [0, 0.1) is 5.92 Å². The molecule has 1 aromatic rings. The summed E-state index contributed by atoms with van der Waals surface area (Å²) in [6, 6.07) is 4.07. The van der Waals surface area contributed by atoms with Gasteiger partial charge in [0, 0.05) is 0 Å². The lowest BCUT2D eigenvalue weighted by Gasteiger charge is -2.29. The van der Waals surface area contributed by atoms with Gasteiger partial charge < -0.3 is 34.1 Å². The minimum Gasteiger partial charge on any atom is -0.487 e. The first-order valence-electron chi connectivity index (χ1n) is 14.0. The van der Waals surface area contributed by atoms with Crippen molar-refractivity contribution in [3.63, 3.8) is 0 Å². The molecule has 10 nitrogen and oxygen atoms in total. The summed E-state index contributed by atoms with van der Waals surface area (Å²) in [5.41, 5.74) is -2.22. The molecule has 2 atom stereocenters. The van der Waals surface area contributed by atoms with Crippen molar-refractivity contribution < 1.29 is 43.2 Å². The number of esters is 2. The van der Waals surface area contributed by atoms with Crippen molar-refractivity contribution >= 4 is 18.0 Å². The standard InChI is InChI=1S/C31H51NO9/c1-28(2,3)38-24-18-20(13-14-23(24)37-16-15-33)17-21(25(34)39-29(4,5)6)19-22(26(35)40-30(7,8)9)32-27(36)41-31(10,11)12/h13-14,18,21-22,33H,15-17,19H2,1-12H3,(H,32,36)/t21-,22-/m0/s1. The van der Waals surface area contributed by atoms with Gasteiger partial charge in [0.2, 0.25) is 0 Å². The van der Waals surface area contributed by atoms with E-state index in [1.165, 1.54) is 0 Å². The number of ether oxygens (including phenoxy) is 5. The molecule has 1 aromatic carbocycles. The molecule has 0 heterocycles. The van der Waals surface area contributed by atoms with Gasteiger partial charge in [-0.2, -0.15) is 0 Å². The molecule has 1 rings (SSSR count). The molecular weight excluding hydrogens is 530 g/mol. The molecule has 41 heavy (non-hydrogen) atoms. The molecule has 0 aromatic heterocycles. The minimum absolute atomic E-state index is 0.0916. The van der Waals surface area contributed by atoms with Gasteiger partial charge in [-0.15, -0.1) is 0 Å². The normalized spacial score (nSPS) is 14.0. The predicted octanol–water partition coefficient (Wildman–Crippen LogP) is 5.36. The fourth-order valence-corrected chi connectivity index (χ4v) is 3.62. The molecule has 0 unspecified atom stereocenters. The number of carbonyl (C=O) groups is 3. The topological polar surface area (TPSA) is 130 Å². The zero-order valence-electron chi connectivity index (χ0n) is 26.9. The first-order chi connectivity index (χ1) is 18.5. The van der Waals surface area contributed by atoms with E-state index in [0.717, 1.165) is 5.56 Å². The number of alkyl carbamates (subject to hydrolysis) is 1. The molecule has 1 amide bonds. The van der Waals surface area contributed by atoms with Gasteiger partial charge in [-0.25, -0.2) is 9.59 Å². The first-order valence-corrected chi connectivity index (χ1v) is 14.0. The third kappa shape index (κ3) is 15.5. The molecule has 2 N–H and O–H groups in total. The number of benzene rings is 1. The second kappa shape index (κ2) is 14.2. The third-order valence-electron chi connectivity index (χ3n) is 4.90. The molecular formula is C31H51NO9. The monoisotopic (exact) mass is 581 g/mol. The number of aliphatic hydroxyl groups excluding tert-OH is 1. The average Bonchev–Trinajstić information content (AvgIpc) is 2.72. The highest BCUT2D eigenvalue weighted by atomic mass is 16.6. The summed E-state index contributed by atoms with van der Waals surface area (Å²) in [6.45, 7) is 21.2. The number of aliphatic hydroxyl groups is 1. The van der Waals surface area contributed by atoms with Gasteiger partial charge in [0.1, 0.15) is 35.1 Å². The Bertz CT molecular complexity index is 1020. The van der Waals surface area contributed by atoms with Crippen molar-refractivity contribution in [2.75, 3.05) is 13.2 Å². The number of hydrogen-bond donors (Lipinski definition) is 2. The van der Waals surface area contributed by atoms with E-state index in [1.54, 1.807) is 80.5 Å². The van der Waals surface area contributed by atoms with Gasteiger partial charge in [-0.3, -0.25) is 4.79 Å². The summed E-state index contributed by atoms with van der Waals surface area (Å²) in [7, 11) is 0. The van der Waals surface area contributed by atoms with E-state index in [1.807, 2.05) is 20.8 Å². The van der Waals surface area contributed by atoms with Gasteiger partial charge in [0.05, 0.1) is 12.5 Å². The lowest BCUT2D eigenvalue weighted by Crippen LogP contribution is -2.48. The van der Waals surface area contributed by atoms with Crippen molar-refractivity contribution in [1.82, 2.24) is 5.32 Å². The van der Waals surface area contributed by atoms with Gasteiger partial charge in [-0.1, -0.05) is 6.07 Å². The zero-order chi connectivity index (χ0) is 31.8.